The third-order valence-corrected chi connectivity index (χ3v) is 7.68. The highest BCUT2D eigenvalue weighted by Crippen LogP contribution is 2.37. The Kier molecular flexibility index (Phi) is 7.92. The van der Waals surface area contributed by atoms with Gasteiger partial charge < -0.3 is 28.5 Å². The van der Waals surface area contributed by atoms with Crippen molar-refractivity contribution in [3.05, 3.63) is 108 Å². The van der Waals surface area contributed by atoms with Gasteiger partial charge in [0.1, 0.15) is 17.3 Å². The first-order chi connectivity index (χ1) is 20.9. The molecule has 0 spiro atoms. The second kappa shape index (κ2) is 12.1. The second-order valence-electron chi connectivity index (χ2n) is 10.9. The van der Waals surface area contributed by atoms with E-state index in [1.54, 1.807) is 25.1 Å². The van der Waals surface area contributed by atoms with Gasteiger partial charge >= 0.3 is 5.97 Å². The van der Waals surface area contributed by atoms with Crippen LogP contribution in [0.4, 0.5) is 0 Å². The van der Waals surface area contributed by atoms with Gasteiger partial charge in [-0.3, -0.25) is 0 Å². The third kappa shape index (κ3) is 6.43. The Morgan fingerprint density at radius 2 is 1.74 bits per heavy atom. The molecule has 4 aromatic rings. The van der Waals surface area contributed by atoms with Crippen molar-refractivity contribution in [3.63, 3.8) is 0 Å². The fourth-order valence-corrected chi connectivity index (χ4v) is 5.26. The molecule has 43 heavy (non-hydrogen) atoms. The SMILES string of the molecule is Cc1oc(-c2ccc(-c3ccccc3)cc2)nc1CCOC1=CCC(CC(C)(Oc2ccc3c(c2)OCO3)C(=O)O)C=C1. The number of carbonyl (C=O) groups is 1. The van der Waals surface area contributed by atoms with E-state index in [0.29, 0.717) is 49.0 Å². The van der Waals surface area contributed by atoms with Crippen LogP contribution in [0.1, 0.15) is 31.2 Å². The number of oxazole rings is 1. The van der Waals surface area contributed by atoms with Gasteiger partial charge in [-0.25, -0.2) is 9.78 Å². The Bertz CT molecular complexity index is 1660. The molecular formula is C35H33NO7. The summed E-state index contributed by atoms with van der Waals surface area (Å²) >= 11 is 0. The summed E-state index contributed by atoms with van der Waals surface area (Å²) in [5.41, 5.74) is 2.67. The van der Waals surface area contributed by atoms with Gasteiger partial charge in [0.2, 0.25) is 18.3 Å². The maximum Gasteiger partial charge on any atom is 0.347 e. The topological polar surface area (TPSA) is 100 Å². The van der Waals surface area contributed by atoms with E-state index in [1.165, 1.54) is 5.56 Å². The summed E-state index contributed by atoms with van der Waals surface area (Å²) in [6.07, 6.45) is 7.41. The van der Waals surface area contributed by atoms with Crippen LogP contribution in [0, 0.1) is 12.8 Å². The standard InChI is InChI=1S/C35H33NO7/c1-23-30(36-33(42-23)27-12-10-26(11-13-27)25-6-4-3-5-7-25)18-19-39-28-14-8-24(9-15-28)21-35(2,34(37)38)43-29-16-17-31-32(20-29)41-22-40-31/h3-8,10-17,20,24H,9,18-19,21-22H2,1-2H3,(H,37,38). The van der Waals surface area contributed by atoms with Crippen LogP contribution in [0.2, 0.25) is 0 Å². The minimum Gasteiger partial charge on any atom is -0.494 e. The monoisotopic (exact) mass is 579 g/mol. The maximum absolute atomic E-state index is 12.2. The molecule has 6 rings (SSSR count). The van der Waals surface area contributed by atoms with Crippen LogP contribution < -0.4 is 14.2 Å². The Hall–Kier alpha value is -4.98. The smallest absolute Gasteiger partial charge is 0.347 e. The first kappa shape index (κ1) is 28.2. The normalized spacial score (nSPS) is 16.8. The lowest BCUT2D eigenvalue weighted by molar-refractivity contribution is -0.155. The molecule has 2 unspecified atom stereocenters. The zero-order valence-corrected chi connectivity index (χ0v) is 24.1. The highest BCUT2D eigenvalue weighted by Gasteiger charge is 2.38. The van der Waals surface area contributed by atoms with Gasteiger partial charge in [0.25, 0.3) is 0 Å². The number of benzene rings is 3. The molecule has 1 N–H and O–H groups in total. The van der Waals surface area contributed by atoms with Crippen molar-refractivity contribution >= 4 is 5.97 Å². The minimum atomic E-state index is -1.42. The molecule has 3 aromatic carbocycles. The van der Waals surface area contributed by atoms with Gasteiger partial charge in [-0.05, 0) is 73.7 Å². The highest BCUT2D eigenvalue weighted by molar-refractivity contribution is 5.77. The number of aryl methyl sites for hydroxylation is 1. The highest BCUT2D eigenvalue weighted by atomic mass is 16.7. The van der Waals surface area contributed by atoms with Crippen molar-refractivity contribution in [1.82, 2.24) is 4.98 Å². The predicted molar refractivity (Wildman–Crippen MR) is 161 cm³/mol. The summed E-state index contributed by atoms with van der Waals surface area (Å²) in [5, 5.41) is 9.99. The largest absolute Gasteiger partial charge is 0.494 e. The summed E-state index contributed by atoms with van der Waals surface area (Å²) in [4.78, 5) is 16.9. The van der Waals surface area contributed by atoms with Gasteiger partial charge in [0.15, 0.2) is 11.5 Å². The van der Waals surface area contributed by atoms with Crippen molar-refractivity contribution in [2.45, 2.75) is 38.7 Å². The Labute approximate surface area is 250 Å². The predicted octanol–water partition coefficient (Wildman–Crippen LogP) is 7.38. The first-order valence-electron chi connectivity index (χ1n) is 14.3. The Morgan fingerprint density at radius 3 is 2.49 bits per heavy atom. The van der Waals surface area contributed by atoms with Crippen molar-refractivity contribution in [2.75, 3.05) is 13.4 Å². The molecule has 0 saturated carbocycles. The van der Waals surface area contributed by atoms with Crippen LogP contribution in [0.5, 0.6) is 17.2 Å². The van der Waals surface area contributed by atoms with Crippen LogP contribution in [0.25, 0.3) is 22.6 Å². The molecule has 8 nitrogen and oxygen atoms in total. The lowest BCUT2D eigenvalue weighted by atomic mass is 9.87. The number of carboxylic acids is 1. The van der Waals surface area contributed by atoms with E-state index in [2.05, 4.69) is 24.3 Å². The molecule has 2 heterocycles. The molecule has 220 valence electrons. The van der Waals surface area contributed by atoms with Crippen molar-refractivity contribution in [3.8, 4) is 39.8 Å². The van der Waals surface area contributed by atoms with Crippen molar-refractivity contribution < 1.29 is 33.3 Å². The summed E-state index contributed by atoms with van der Waals surface area (Å²) in [5.74, 6) is 2.65. The van der Waals surface area contributed by atoms with Crippen LogP contribution in [-0.4, -0.2) is 35.1 Å². The molecule has 2 atom stereocenters. The number of ether oxygens (including phenoxy) is 4. The average Bonchev–Trinajstić information content (AvgIpc) is 3.64. The number of aliphatic carboxylic acids is 1. The quantitative estimate of drug-likeness (QED) is 0.197. The molecule has 0 amide bonds. The fraction of sp³-hybridized carbons (Fsp3) is 0.257. The lowest BCUT2D eigenvalue weighted by Gasteiger charge is -2.30. The fourth-order valence-electron chi connectivity index (χ4n) is 5.26. The summed E-state index contributed by atoms with van der Waals surface area (Å²) < 4.78 is 28.7. The van der Waals surface area contributed by atoms with Crippen LogP contribution in [-0.2, 0) is 16.0 Å². The number of rotatable bonds is 11. The number of hydrogen-bond donors (Lipinski definition) is 1. The average molecular weight is 580 g/mol. The molecule has 0 fully saturated rings. The van der Waals surface area contributed by atoms with E-state index < -0.39 is 11.6 Å². The van der Waals surface area contributed by atoms with Gasteiger partial charge in [-0.1, -0.05) is 48.5 Å². The Balaban J connectivity index is 1.01. The number of allylic oxidation sites excluding steroid dienone is 3. The molecular weight excluding hydrogens is 546 g/mol. The summed E-state index contributed by atoms with van der Waals surface area (Å²) in [6, 6.07) is 23.5. The minimum absolute atomic E-state index is 0.0175. The number of fused-ring (bicyclic) bond motifs is 1. The zero-order chi connectivity index (χ0) is 29.8. The molecule has 0 radical (unpaired) electrons. The van der Waals surface area contributed by atoms with Crippen molar-refractivity contribution in [2.24, 2.45) is 5.92 Å². The summed E-state index contributed by atoms with van der Waals surface area (Å²) in [7, 11) is 0. The number of hydrogen-bond acceptors (Lipinski definition) is 7. The molecule has 0 bridgehead atoms. The number of nitrogens with zero attached hydrogens (tertiary/aromatic N) is 1. The van der Waals surface area contributed by atoms with E-state index >= 15 is 0 Å². The molecule has 1 aliphatic carbocycles. The van der Waals surface area contributed by atoms with Gasteiger partial charge in [-0.15, -0.1) is 0 Å². The van der Waals surface area contributed by atoms with Gasteiger partial charge in [-0.2, -0.15) is 0 Å². The Morgan fingerprint density at radius 1 is 1.00 bits per heavy atom. The molecule has 2 aliphatic rings. The molecule has 1 aromatic heterocycles. The third-order valence-electron chi connectivity index (χ3n) is 7.68. The van der Waals surface area contributed by atoms with E-state index in [1.807, 2.05) is 55.5 Å². The van der Waals surface area contributed by atoms with E-state index in [4.69, 9.17) is 28.3 Å². The number of aromatic nitrogens is 1. The van der Waals surface area contributed by atoms with Crippen LogP contribution in [0.3, 0.4) is 0 Å². The lowest BCUT2D eigenvalue weighted by Crippen LogP contribution is -2.43. The van der Waals surface area contributed by atoms with Crippen LogP contribution in [0.15, 0.2) is 101 Å². The van der Waals surface area contributed by atoms with Crippen LogP contribution >= 0.6 is 0 Å². The van der Waals surface area contributed by atoms with Gasteiger partial charge in [0, 0.05) is 24.5 Å². The van der Waals surface area contributed by atoms with E-state index in [0.717, 1.165) is 28.3 Å². The van der Waals surface area contributed by atoms with Crippen molar-refractivity contribution in [1.29, 1.82) is 0 Å². The van der Waals surface area contributed by atoms with E-state index in [9.17, 15) is 9.90 Å². The second-order valence-corrected chi connectivity index (χ2v) is 10.9. The molecule has 8 heteroatoms. The summed E-state index contributed by atoms with van der Waals surface area (Å²) in [6.45, 7) is 4.09. The number of carboxylic acid groups (broad SMARTS) is 1. The molecule has 0 saturated heterocycles. The van der Waals surface area contributed by atoms with Gasteiger partial charge in [0.05, 0.1) is 12.3 Å². The first-order valence-corrected chi connectivity index (χ1v) is 14.3. The zero-order valence-electron chi connectivity index (χ0n) is 24.1. The maximum atomic E-state index is 12.2. The molecule has 1 aliphatic heterocycles. The van der Waals surface area contributed by atoms with E-state index in [-0.39, 0.29) is 12.7 Å².